The summed E-state index contributed by atoms with van der Waals surface area (Å²) in [4.78, 5) is 11.6. The molecule has 1 aliphatic carbocycles. The minimum atomic E-state index is -1.72. The first-order valence-corrected chi connectivity index (χ1v) is 4.99. The molecule has 96 valence electrons. The van der Waals surface area contributed by atoms with Gasteiger partial charge in [-0.05, 0) is 17.0 Å². The fourth-order valence-electron chi connectivity index (χ4n) is 2.13. The van der Waals surface area contributed by atoms with Gasteiger partial charge in [-0.25, -0.2) is 0 Å². The van der Waals surface area contributed by atoms with Crippen molar-refractivity contribution in [1.82, 2.24) is 0 Å². The molecule has 0 radical (unpaired) electrons. The normalized spacial score (nSPS) is 32.2. The third-order valence-corrected chi connectivity index (χ3v) is 3.30. The second-order valence-corrected chi connectivity index (χ2v) is 4.44. The summed E-state index contributed by atoms with van der Waals surface area (Å²) in [5.41, 5.74) is -3.44. The van der Waals surface area contributed by atoms with Crippen LogP contribution in [0.4, 0.5) is 0 Å². The van der Waals surface area contributed by atoms with Crippen molar-refractivity contribution in [3.05, 3.63) is 20.8 Å². The van der Waals surface area contributed by atoms with Gasteiger partial charge in [0.15, 0.2) is 0 Å². The van der Waals surface area contributed by atoms with E-state index in [0.29, 0.717) is 6.42 Å². The summed E-state index contributed by atoms with van der Waals surface area (Å²) in [6, 6.07) is 0. The SMILES string of the molecule is C[C@@]1(/[N+]([O-])=N/[O-])CCC[C@@](C)(/[N+]([O-])=N/[O-])C1=O.[K+].[K+]. The van der Waals surface area contributed by atoms with E-state index in [1.54, 1.807) is 0 Å². The molecule has 2 atom stereocenters. The molecule has 1 fully saturated rings. The van der Waals surface area contributed by atoms with Crippen molar-refractivity contribution in [3.63, 3.8) is 0 Å². The summed E-state index contributed by atoms with van der Waals surface area (Å²) in [7, 11) is 0. The van der Waals surface area contributed by atoms with E-state index >= 15 is 0 Å². The summed E-state index contributed by atoms with van der Waals surface area (Å²) in [5.74, 6) is -0.819. The molecule has 0 aromatic heterocycles. The number of Topliss-reactive ketones (excluding diaryl/α,β-unsaturated/α-hetero) is 1. The Bertz CT molecular complexity index is 371. The molecular weight excluding hydrogens is 310 g/mol. The molecule has 0 aromatic carbocycles. The Hall–Kier alpha value is 1.34. The summed E-state index contributed by atoms with van der Waals surface area (Å²) >= 11 is 0. The van der Waals surface area contributed by atoms with Crippen LogP contribution >= 0.6 is 0 Å². The van der Waals surface area contributed by atoms with Gasteiger partial charge in [0.1, 0.15) is 0 Å². The average molecular weight is 322 g/mol. The van der Waals surface area contributed by atoms with Crippen LogP contribution < -0.4 is 103 Å². The van der Waals surface area contributed by atoms with Crippen molar-refractivity contribution in [2.24, 2.45) is 10.6 Å². The van der Waals surface area contributed by atoms with Gasteiger partial charge >= 0.3 is 103 Å². The molecular formula is C8H12K2N4O5. The van der Waals surface area contributed by atoms with Crippen LogP contribution in [0.5, 0.6) is 0 Å². The van der Waals surface area contributed by atoms with Crippen molar-refractivity contribution in [2.75, 3.05) is 0 Å². The van der Waals surface area contributed by atoms with Crippen molar-refractivity contribution >= 4 is 5.78 Å². The molecule has 0 aromatic rings. The number of nitrogens with zero attached hydrogens (tertiary/aromatic N) is 4. The number of carbonyl (C=O) groups is 1. The van der Waals surface area contributed by atoms with Crippen LogP contribution in [-0.4, -0.2) is 26.6 Å². The average Bonchev–Trinajstić information content (AvgIpc) is 2.33. The number of hydrogen-bond acceptors (Lipinski definition) is 7. The standard InChI is InChI=1S/C8H14N4O5.2K/c1-7(11(16)9-14)4-3-5-8(2,6(7)13)12(17)10-15;;/h14-15H,3-5H2,1-2H3;;/q;2*+1/p-2/b11-9-,12-10-;;/t7-,8-;;/m1../s1. The van der Waals surface area contributed by atoms with Gasteiger partial charge in [0.25, 0.3) is 16.9 Å². The summed E-state index contributed by atoms with van der Waals surface area (Å²) in [6.07, 6.45) is 0.536. The van der Waals surface area contributed by atoms with Crippen LogP contribution in [-0.2, 0) is 4.79 Å². The van der Waals surface area contributed by atoms with Crippen LogP contribution in [0.3, 0.4) is 0 Å². The topological polar surface area (TPSA) is 140 Å². The molecule has 1 aliphatic rings. The van der Waals surface area contributed by atoms with Gasteiger partial charge in [-0.15, -0.1) is 0 Å². The maximum absolute atomic E-state index is 12.1. The van der Waals surface area contributed by atoms with Crippen molar-refractivity contribution in [3.8, 4) is 0 Å². The predicted octanol–water partition coefficient (Wildman–Crippen LogP) is -4.81. The molecule has 0 amide bonds. The Balaban J connectivity index is 0. The van der Waals surface area contributed by atoms with Gasteiger partial charge in [0, 0.05) is 26.7 Å². The van der Waals surface area contributed by atoms with Crippen LogP contribution in [0.25, 0.3) is 0 Å². The molecule has 0 spiro atoms. The third kappa shape index (κ3) is 4.17. The number of hydroxylamine groups is 2. The van der Waals surface area contributed by atoms with E-state index in [2.05, 4.69) is 10.6 Å². The van der Waals surface area contributed by atoms with Gasteiger partial charge in [-0.1, -0.05) is 9.72 Å². The molecule has 1 rings (SSSR count). The van der Waals surface area contributed by atoms with Crippen LogP contribution in [0.15, 0.2) is 10.6 Å². The van der Waals surface area contributed by atoms with Gasteiger partial charge in [-0.2, -0.15) is 0 Å². The minimum Gasteiger partial charge on any atom is -0.739 e. The summed E-state index contributed by atoms with van der Waals surface area (Å²) in [6.45, 7) is 2.44. The van der Waals surface area contributed by atoms with Gasteiger partial charge in [0.2, 0.25) is 0 Å². The van der Waals surface area contributed by atoms with E-state index in [9.17, 15) is 25.6 Å². The Labute approximate surface area is 195 Å². The fourth-order valence-corrected chi connectivity index (χ4v) is 2.13. The van der Waals surface area contributed by atoms with Crippen molar-refractivity contribution < 1.29 is 117 Å². The first kappa shape index (κ1) is 22.6. The summed E-state index contributed by atoms with van der Waals surface area (Å²) in [5, 5.41) is 47.4. The van der Waals surface area contributed by atoms with E-state index in [4.69, 9.17) is 0 Å². The van der Waals surface area contributed by atoms with Gasteiger partial charge < -0.3 is 20.8 Å². The van der Waals surface area contributed by atoms with Gasteiger partial charge in [0.05, 0.1) is 0 Å². The Morgan fingerprint density at radius 1 is 1.00 bits per heavy atom. The van der Waals surface area contributed by atoms with E-state index in [-0.39, 0.29) is 125 Å². The van der Waals surface area contributed by atoms with Crippen molar-refractivity contribution in [2.45, 2.75) is 44.2 Å². The quantitative estimate of drug-likeness (QED) is 0.217. The minimum absolute atomic E-state index is 0. The third-order valence-electron chi connectivity index (χ3n) is 3.30. The maximum atomic E-state index is 12.1. The monoisotopic (exact) mass is 322 g/mol. The number of ketones is 1. The second kappa shape index (κ2) is 8.70. The largest absolute Gasteiger partial charge is 1.00 e. The molecule has 11 heteroatoms. The van der Waals surface area contributed by atoms with E-state index in [1.165, 1.54) is 13.8 Å². The van der Waals surface area contributed by atoms with Crippen LogP contribution in [0.2, 0.25) is 0 Å². The fraction of sp³-hybridized carbons (Fsp3) is 0.875. The van der Waals surface area contributed by atoms with E-state index in [1.807, 2.05) is 0 Å². The zero-order valence-electron chi connectivity index (χ0n) is 11.5. The Morgan fingerprint density at radius 3 is 1.58 bits per heavy atom. The number of hydrogen-bond donors (Lipinski definition) is 0. The second-order valence-electron chi connectivity index (χ2n) is 4.44. The first-order valence-electron chi connectivity index (χ1n) is 4.99. The smallest absolute Gasteiger partial charge is 0.739 e. The van der Waals surface area contributed by atoms with Gasteiger partial charge in [-0.3, -0.25) is 4.79 Å². The van der Waals surface area contributed by atoms with E-state index in [0.717, 1.165) is 0 Å². The number of carbonyl (C=O) groups excluding carboxylic acids is 1. The molecule has 0 bridgehead atoms. The van der Waals surface area contributed by atoms with E-state index < -0.39 is 16.9 Å². The maximum Gasteiger partial charge on any atom is 1.00 e. The molecule has 1 saturated carbocycles. The molecule has 0 heterocycles. The number of rotatable bonds is 2. The zero-order valence-corrected chi connectivity index (χ0v) is 17.7. The Morgan fingerprint density at radius 2 is 1.32 bits per heavy atom. The molecule has 0 saturated heterocycles. The van der Waals surface area contributed by atoms with Crippen molar-refractivity contribution in [1.29, 1.82) is 0 Å². The first-order chi connectivity index (χ1) is 7.82. The molecule has 19 heavy (non-hydrogen) atoms. The predicted molar refractivity (Wildman–Crippen MR) is 54.5 cm³/mol. The molecule has 0 unspecified atom stereocenters. The Kier molecular flexibility index (Phi) is 10.4. The molecule has 9 nitrogen and oxygen atoms in total. The zero-order chi connectivity index (χ0) is 13.3. The molecule has 0 N–H and O–H groups in total. The summed E-state index contributed by atoms with van der Waals surface area (Å²) < 4.78 is 0. The van der Waals surface area contributed by atoms with Crippen LogP contribution in [0.1, 0.15) is 33.1 Å². The van der Waals surface area contributed by atoms with Crippen LogP contribution in [0, 0.1) is 20.8 Å². The molecule has 0 aliphatic heterocycles.